The molecule has 3 rings (SSSR count). The molecule has 0 aromatic carbocycles. The molecular weight excluding hydrogens is 415 g/mol. The number of halogens is 2. The van der Waals surface area contributed by atoms with Gasteiger partial charge in [-0.2, -0.15) is 0 Å². The van der Waals surface area contributed by atoms with E-state index in [1.165, 1.54) is 12.8 Å². The standard InChI is InChI=1S/C20H36N4O3.2ClH/c1-16-3-5-17(6-4-16)22-18(25)15-23-11-13-24(14-12-23)19(26)20(27-2)7-9-21-10-8-20;;/h16-17,21H,3-15H2,1-2H3,(H,22,25);2*1H. The number of carbonyl (C=O) groups is 2. The van der Waals surface area contributed by atoms with E-state index >= 15 is 0 Å². The molecule has 1 aliphatic carbocycles. The van der Waals surface area contributed by atoms with Crippen molar-refractivity contribution < 1.29 is 14.3 Å². The molecule has 0 spiro atoms. The minimum Gasteiger partial charge on any atom is -0.368 e. The number of piperidine rings is 1. The molecule has 29 heavy (non-hydrogen) atoms. The highest BCUT2D eigenvalue weighted by Gasteiger charge is 2.43. The second kappa shape index (κ2) is 12.3. The number of carbonyl (C=O) groups excluding carboxylic acids is 2. The monoisotopic (exact) mass is 452 g/mol. The molecule has 9 heteroatoms. The fraction of sp³-hybridized carbons (Fsp3) is 0.900. The largest absolute Gasteiger partial charge is 0.368 e. The van der Waals surface area contributed by atoms with E-state index in [4.69, 9.17) is 4.74 Å². The van der Waals surface area contributed by atoms with Crippen LogP contribution in [0.1, 0.15) is 45.4 Å². The van der Waals surface area contributed by atoms with Crippen molar-refractivity contribution in [3.05, 3.63) is 0 Å². The van der Waals surface area contributed by atoms with E-state index in [1.54, 1.807) is 7.11 Å². The molecule has 0 bridgehead atoms. The van der Waals surface area contributed by atoms with Crippen molar-refractivity contribution in [3.8, 4) is 0 Å². The fourth-order valence-corrected chi connectivity index (χ4v) is 4.61. The van der Waals surface area contributed by atoms with E-state index in [2.05, 4.69) is 22.5 Å². The Morgan fingerprint density at radius 3 is 2.17 bits per heavy atom. The highest BCUT2D eigenvalue weighted by atomic mass is 35.5. The summed E-state index contributed by atoms with van der Waals surface area (Å²) in [6.45, 7) is 7.21. The van der Waals surface area contributed by atoms with Gasteiger partial charge >= 0.3 is 0 Å². The first-order chi connectivity index (χ1) is 13.0. The number of methoxy groups -OCH3 is 1. The first-order valence-electron chi connectivity index (χ1n) is 10.6. The van der Waals surface area contributed by atoms with Gasteiger partial charge in [0.05, 0.1) is 6.54 Å². The maximum absolute atomic E-state index is 13.0. The summed E-state index contributed by atoms with van der Waals surface area (Å²) in [5.41, 5.74) is -0.664. The van der Waals surface area contributed by atoms with Crippen molar-refractivity contribution in [2.75, 3.05) is 52.9 Å². The number of hydrogen-bond acceptors (Lipinski definition) is 5. The second-order valence-corrected chi connectivity index (χ2v) is 8.54. The smallest absolute Gasteiger partial charge is 0.254 e. The molecular formula is C20H38Cl2N4O3. The minimum atomic E-state index is -0.664. The van der Waals surface area contributed by atoms with E-state index in [0.717, 1.165) is 57.8 Å². The normalized spacial score (nSPS) is 27.3. The number of nitrogens with one attached hydrogen (secondary N) is 2. The summed E-state index contributed by atoms with van der Waals surface area (Å²) in [4.78, 5) is 29.4. The van der Waals surface area contributed by atoms with Crippen LogP contribution in [0, 0.1) is 5.92 Å². The summed E-state index contributed by atoms with van der Waals surface area (Å²) >= 11 is 0. The van der Waals surface area contributed by atoms with Crippen LogP contribution in [-0.4, -0.2) is 86.2 Å². The number of hydrogen-bond donors (Lipinski definition) is 2. The zero-order valence-electron chi connectivity index (χ0n) is 17.8. The maximum atomic E-state index is 13.0. The number of ether oxygens (including phenoxy) is 1. The van der Waals surface area contributed by atoms with Gasteiger partial charge in [-0.1, -0.05) is 6.92 Å². The SMILES string of the molecule is COC1(C(=O)N2CCN(CC(=O)NC3CCC(C)CC3)CC2)CCNCC1.Cl.Cl. The van der Waals surface area contributed by atoms with Gasteiger partial charge in [0.2, 0.25) is 5.91 Å². The summed E-state index contributed by atoms with van der Waals surface area (Å²) in [5.74, 6) is 1.03. The van der Waals surface area contributed by atoms with Crippen LogP contribution in [0.3, 0.4) is 0 Å². The molecule has 7 nitrogen and oxygen atoms in total. The lowest BCUT2D eigenvalue weighted by Crippen LogP contribution is -2.59. The van der Waals surface area contributed by atoms with Crippen LogP contribution in [0.2, 0.25) is 0 Å². The van der Waals surface area contributed by atoms with Gasteiger partial charge in [0.1, 0.15) is 5.60 Å². The predicted octanol–water partition coefficient (Wildman–Crippen LogP) is 1.44. The van der Waals surface area contributed by atoms with Crippen LogP contribution in [0.5, 0.6) is 0 Å². The molecule has 0 radical (unpaired) electrons. The van der Waals surface area contributed by atoms with Gasteiger partial charge in [0, 0.05) is 39.3 Å². The van der Waals surface area contributed by atoms with Crippen LogP contribution in [0.25, 0.3) is 0 Å². The molecule has 0 atom stereocenters. The Hall–Kier alpha value is -0.600. The number of nitrogens with zero attached hydrogens (tertiary/aromatic N) is 2. The molecule has 0 unspecified atom stereocenters. The average molecular weight is 453 g/mol. The van der Waals surface area contributed by atoms with Crippen molar-refractivity contribution in [3.63, 3.8) is 0 Å². The van der Waals surface area contributed by atoms with Gasteiger partial charge in [-0.15, -0.1) is 24.8 Å². The number of rotatable bonds is 5. The molecule has 1 saturated carbocycles. The third kappa shape index (κ3) is 6.96. The molecule has 2 amide bonds. The van der Waals surface area contributed by atoms with Gasteiger partial charge in [0.15, 0.2) is 0 Å². The van der Waals surface area contributed by atoms with Gasteiger partial charge in [0.25, 0.3) is 5.91 Å². The lowest BCUT2D eigenvalue weighted by Gasteiger charge is -2.42. The zero-order valence-corrected chi connectivity index (χ0v) is 19.4. The summed E-state index contributed by atoms with van der Waals surface area (Å²) in [5, 5.41) is 6.49. The van der Waals surface area contributed by atoms with Gasteiger partial charge < -0.3 is 20.3 Å². The summed E-state index contributed by atoms with van der Waals surface area (Å²) in [6, 6.07) is 0.345. The van der Waals surface area contributed by atoms with Crippen LogP contribution < -0.4 is 10.6 Å². The Labute approximate surface area is 187 Å². The van der Waals surface area contributed by atoms with Crippen LogP contribution in [-0.2, 0) is 14.3 Å². The van der Waals surface area contributed by atoms with E-state index in [-0.39, 0.29) is 36.6 Å². The van der Waals surface area contributed by atoms with Gasteiger partial charge in [-0.3, -0.25) is 14.5 Å². The Morgan fingerprint density at radius 2 is 1.62 bits per heavy atom. The first kappa shape index (κ1) is 26.4. The highest BCUT2D eigenvalue weighted by molar-refractivity contribution is 5.86. The average Bonchev–Trinajstić information content (AvgIpc) is 2.70. The zero-order chi connectivity index (χ0) is 19.3. The Bertz CT molecular complexity index is 516. The number of piperazine rings is 1. The molecule has 0 aromatic heterocycles. The Kier molecular flexibility index (Phi) is 11.2. The molecule has 2 saturated heterocycles. The minimum absolute atomic E-state index is 0. The summed E-state index contributed by atoms with van der Waals surface area (Å²) in [6.07, 6.45) is 6.08. The lowest BCUT2D eigenvalue weighted by molar-refractivity contribution is -0.160. The quantitative estimate of drug-likeness (QED) is 0.659. The molecule has 2 aliphatic heterocycles. The first-order valence-corrected chi connectivity index (χ1v) is 10.6. The van der Waals surface area contributed by atoms with Crippen molar-refractivity contribution in [1.82, 2.24) is 20.4 Å². The van der Waals surface area contributed by atoms with E-state index in [9.17, 15) is 9.59 Å². The van der Waals surface area contributed by atoms with E-state index < -0.39 is 5.60 Å². The third-order valence-electron chi connectivity index (χ3n) is 6.60. The van der Waals surface area contributed by atoms with E-state index in [0.29, 0.717) is 25.7 Å². The molecule has 2 heterocycles. The summed E-state index contributed by atoms with van der Waals surface area (Å²) in [7, 11) is 1.65. The molecule has 3 fully saturated rings. The molecule has 3 aliphatic rings. The van der Waals surface area contributed by atoms with E-state index in [1.807, 2.05) is 4.90 Å². The second-order valence-electron chi connectivity index (χ2n) is 8.54. The van der Waals surface area contributed by atoms with Crippen molar-refractivity contribution in [2.24, 2.45) is 5.92 Å². The van der Waals surface area contributed by atoms with Crippen molar-refractivity contribution in [2.45, 2.75) is 57.1 Å². The topological polar surface area (TPSA) is 73.9 Å². The van der Waals surface area contributed by atoms with Crippen molar-refractivity contribution in [1.29, 1.82) is 0 Å². The summed E-state index contributed by atoms with van der Waals surface area (Å²) < 4.78 is 5.67. The Balaban J connectivity index is 0.00000210. The third-order valence-corrected chi connectivity index (χ3v) is 6.60. The highest BCUT2D eigenvalue weighted by Crippen LogP contribution is 2.26. The van der Waals surface area contributed by atoms with Crippen LogP contribution in [0.4, 0.5) is 0 Å². The Morgan fingerprint density at radius 1 is 1.03 bits per heavy atom. The fourth-order valence-electron chi connectivity index (χ4n) is 4.61. The predicted molar refractivity (Wildman–Crippen MR) is 119 cm³/mol. The molecule has 2 N–H and O–H groups in total. The molecule has 170 valence electrons. The van der Waals surface area contributed by atoms with Crippen LogP contribution in [0.15, 0.2) is 0 Å². The molecule has 0 aromatic rings. The maximum Gasteiger partial charge on any atom is 0.254 e. The number of amides is 2. The van der Waals surface area contributed by atoms with Gasteiger partial charge in [-0.05, 0) is 57.5 Å². The van der Waals surface area contributed by atoms with Crippen LogP contribution >= 0.6 is 24.8 Å². The lowest BCUT2D eigenvalue weighted by atomic mass is 9.87. The van der Waals surface area contributed by atoms with Gasteiger partial charge in [-0.25, -0.2) is 0 Å². The van der Waals surface area contributed by atoms with Crippen molar-refractivity contribution >= 4 is 36.6 Å².